The number of esters is 1. The zero-order valence-electron chi connectivity index (χ0n) is 15.9. The summed E-state index contributed by atoms with van der Waals surface area (Å²) in [5.74, 6) is -0.549. The van der Waals surface area contributed by atoms with Crippen molar-refractivity contribution < 1.29 is 24.2 Å². The number of methoxy groups -OCH3 is 1. The van der Waals surface area contributed by atoms with Gasteiger partial charge in [-0.3, -0.25) is 4.79 Å². The second-order valence-electron chi connectivity index (χ2n) is 6.34. The molecular formula is C21H21ClN2O5. The molecule has 1 aliphatic heterocycles. The summed E-state index contributed by atoms with van der Waals surface area (Å²) in [5, 5.41) is 12.6. The molecule has 0 atom stereocenters. The smallest absolute Gasteiger partial charge is 0.337 e. The maximum Gasteiger partial charge on any atom is 0.337 e. The van der Waals surface area contributed by atoms with Crippen LogP contribution in [0.2, 0.25) is 5.02 Å². The van der Waals surface area contributed by atoms with Crippen molar-refractivity contribution in [2.24, 2.45) is 0 Å². The van der Waals surface area contributed by atoms with Crippen LogP contribution in [0.3, 0.4) is 0 Å². The first-order valence-corrected chi connectivity index (χ1v) is 9.36. The molecule has 7 nitrogen and oxygen atoms in total. The third-order valence-electron chi connectivity index (χ3n) is 4.39. The van der Waals surface area contributed by atoms with Gasteiger partial charge in [-0.2, -0.15) is 0 Å². The Kier molecular flexibility index (Phi) is 6.74. The summed E-state index contributed by atoms with van der Waals surface area (Å²) in [4.78, 5) is 26.2. The first-order chi connectivity index (χ1) is 14.0. The number of benzene rings is 2. The van der Waals surface area contributed by atoms with Gasteiger partial charge in [-0.05, 0) is 23.8 Å². The SMILES string of the molecule is COC(=O)C1=C(Nc2cc(Cl)ccc2OCc2ccccc2)C(=O)N(CCO)C1. The lowest BCUT2D eigenvalue weighted by Crippen LogP contribution is -2.31. The lowest BCUT2D eigenvalue weighted by atomic mass is 10.2. The Labute approximate surface area is 173 Å². The molecule has 0 unspecified atom stereocenters. The van der Waals surface area contributed by atoms with Gasteiger partial charge in [0.15, 0.2) is 0 Å². The number of carbonyl (C=O) groups excluding carboxylic acids is 2. The highest BCUT2D eigenvalue weighted by molar-refractivity contribution is 6.31. The van der Waals surface area contributed by atoms with Crippen molar-refractivity contribution in [3.8, 4) is 5.75 Å². The Hall–Kier alpha value is -3.03. The van der Waals surface area contributed by atoms with E-state index in [1.807, 2.05) is 30.3 Å². The number of halogens is 1. The second kappa shape index (κ2) is 9.45. The number of nitrogens with zero attached hydrogens (tertiary/aromatic N) is 1. The van der Waals surface area contributed by atoms with Crippen molar-refractivity contribution in [1.29, 1.82) is 0 Å². The van der Waals surface area contributed by atoms with Gasteiger partial charge in [0, 0.05) is 11.6 Å². The topological polar surface area (TPSA) is 88.1 Å². The Morgan fingerprint density at radius 2 is 2.00 bits per heavy atom. The number of β-amino-alcohol motifs (C(OH)–C–C–N with tert-alkyl or cyclic N) is 1. The molecular weight excluding hydrogens is 396 g/mol. The minimum absolute atomic E-state index is 0.0508. The number of aliphatic hydroxyl groups is 1. The molecule has 2 aromatic carbocycles. The summed E-state index contributed by atoms with van der Waals surface area (Å²) in [5.41, 5.74) is 1.69. The van der Waals surface area contributed by atoms with E-state index in [0.717, 1.165) is 5.56 Å². The van der Waals surface area contributed by atoms with Crippen molar-refractivity contribution >= 4 is 29.2 Å². The van der Waals surface area contributed by atoms with Gasteiger partial charge in [0.05, 0.1) is 31.5 Å². The van der Waals surface area contributed by atoms with E-state index in [0.29, 0.717) is 23.1 Å². The lowest BCUT2D eigenvalue weighted by molar-refractivity contribution is -0.136. The van der Waals surface area contributed by atoms with Crippen LogP contribution in [-0.4, -0.2) is 48.7 Å². The molecule has 29 heavy (non-hydrogen) atoms. The summed E-state index contributed by atoms with van der Waals surface area (Å²) in [7, 11) is 1.25. The van der Waals surface area contributed by atoms with E-state index in [2.05, 4.69) is 5.32 Å². The minimum atomic E-state index is -0.616. The molecule has 152 valence electrons. The molecule has 0 saturated carbocycles. The molecule has 2 aromatic rings. The summed E-state index contributed by atoms with van der Waals surface area (Å²) < 4.78 is 10.7. The molecule has 3 rings (SSSR count). The third-order valence-corrected chi connectivity index (χ3v) is 4.63. The number of hydrogen-bond donors (Lipinski definition) is 2. The molecule has 0 spiro atoms. The molecule has 1 amide bonds. The maximum atomic E-state index is 12.7. The molecule has 2 N–H and O–H groups in total. The van der Waals surface area contributed by atoms with E-state index in [1.54, 1.807) is 18.2 Å². The van der Waals surface area contributed by atoms with Crippen LogP contribution in [-0.2, 0) is 20.9 Å². The fourth-order valence-electron chi connectivity index (χ4n) is 2.94. The first kappa shape index (κ1) is 20.7. The average Bonchev–Trinajstić information content (AvgIpc) is 3.03. The van der Waals surface area contributed by atoms with E-state index in [9.17, 15) is 14.7 Å². The van der Waals surface area contributed by atoms with Gasteiger partial charge >= 0.3 is 5.97 Å². The number of hydrogen-bond acceptors (Lipinski definition) is 6. The van der Waals surface area contributed by atoms with Gasteiger partial charge in [0.25, 0.3) is 5.91 Å². The molecule has 1 aliphatic rings. The van der Waals surface area contributed by atoms with E-state index in [-0.39, 0.29) is 31.0 Å². The monoisotopic (exact) mass is 416 g/mol. The van der Waals surface area contributed by atoms with Gasteiger partial charge in [0.2, 0.25) is 0 Å². The highest BCUT2D eigenvalue weighted by Gasteiger charge is 2.34. The predicted octanol–water partition coefficient (Wildman–Crippen LogP) is 2.59. The molecule has 0 aliphatic carbocycles. The predicted molar refractivity (Wildman–Crippen MR) is 109 cm³/mol. The standard InChI is InChI=1S/C21H21ClN2O5/c1-28-21(27)16-12-24(9-10-25)20(26)19(16)23-17-11-15(22)7-8-18(17)29-13-14-5-3-2-4-6-14/h2-8,11,23,25H,9-10,12-13H2,1H3. The highest BCUT2D eigenvalue weighted by atomic mass is 35.5. The zero-order chi connectivity index (χ0) is 20.8. The van der Waals surface area contributed by atoms with Gasteiger partial charge in [-0.25, -0.2) is 4.79 Å². The number of amides is 1. The van der Waals surface area contributed by atoms with E-state index in [4.69, 9.17) is 21.1 Å². The van der Waals surface area contributed by atoms with Crippen LogP contribution in [0.25, 0.3) is 0 Å². The number of aliphatic hydroxyl groups excluding tert-OH is 1. The van der Waals surface area contributed by atoms with Gasteiger partial charge in [-0.15, -0.1) is 0 Å². The van der Waals surface area contributed by atoms with Crippen LogP contribution < -0.4 is 10.1 Å². The quantitative estimate of drug-likeness (QED) is 0.643. The largest absolute Gasteiger partial charge is 0.487 e. The Morgan fingerprint density at radius 3 is 2.69 bits per heavy atom. The van der Waals surface area contributed by atoms with Crippen LogP contribution in [0.15, 0.2) is 59.8 Å². The lowest BCUT2D eigenvalue weighted by Gasteiger charge is -2.16. The Balaban J connectivity index is 1.88. The van der Waals surface area contributed by atoms with Gasteiger partial charge in [0.1, 0.15) is 18.1 Å². The van der Waals surface area contributed by atoms with Crippen LogP contribution in [0.4, 0.5) is 5.69 Å². The first-order valence-electron chi connectivity index (χ1n) is 8.98. The molecule has 0 saturated heterocycles. The van der Waals surface area contributed by atoms with Crippen LogP contribution in [0, 0.1) is 0 Å². The Bertz CT molecular complexity index is 930. The van der Waals surface area contributed by atoms with E-state index < -0.39 is 11.9 Å². The number of carbonyl (C=O) groups is 2. The number of ether oxygens (including phenoxy) is 2. The van der Waals surface area contributed by atoms with Crippen LogP contribution in [0.1, 0.15) is 5.56 Å². The van der Waals surface area contributed by atoms with Crippen molar-refractivity contribution in [2.45, 2.75) is 6.61 Å². The number of rotatable bonds is 8. The van der Waals surface area contributed by atoms with Crippen molar-refractivity contribution in [3.05, 3.63) is 70.4 Å². The van der Waals surface area contributed by atoms with Gasteiger partial charge in [-0.1, -0.05) is 41.9 Å². The summed E-state index contributed by atoms with van der Waals surface area (Å²) in [6.45, 7) is 0.271. The van der Waals surface area contributed by atoms with Crippen molar-refractivity contribution in [2.75, 3.05) is 32.1 Å². The van der Waals surface area contributed by atoms with Crippen molar-refractivity contribution in [1.82, 2.24) is 4.90 Å². The minimum Gasteiger partial charge on any atom is -0.487 e. The summed E-state index contributed by atoms with van der Waals surface area (Å²) in [6.07, 6.45) is 0. The van der Waals surface area contributed by atoms with E-state index in [1.165, 1.54) is 12.0 Å². The maximum absolute atomic E-state index is 12.7. The fraction of sp³-hybridized carbons (Fsp3) is 0.238. The fourth-order valence-corrected chi connectivity index (χ4v) is 3.12. The number of nitrogens with one attached hydrogen (secondary N) is 1. The molecule has 0 fully saturated rings. The molecule has 0 aromatic heterocycles. The zero-order valence-corrected chi connectivity index (χ0v) is 16.6. The van der Waals surface area contributed by atoms with Crippen LogP contribution in [0.5, 0.6) is 5.75 Å². The normalized spacial score (nSPS) is 13.6. The third kappa shape index (κ3) is 4.88. The summed E-state index contributed by atoms with van der Waals surface area (Å²) in [6, 6.07) is 14.6. The summed E-state index contributed by atoms with van der Waals surface area (Å²) >= 11 is 6.13. The molecule has 0 radical (unpaired) electrons. The Morgan fingerprint density at radius 1 is 1.24 bits per heavy atom. The van der Waals surface area contributed by atoms with Crippen LogP contribution >= 0.6 is 11.6 Å². The molecule has 1 heterocycles. The second-order valence-corrected chi connectivity index (χ2v) is 6.77. The molecule has 0 bridgehead atoms. The average molecular weight is 417 g/mol. The molecule has 8 heteroatoms. The highest BCUT2D eigenvalue weighted by Crippen LogP contribution is 2.32. The van der Waals surface area contributed by atoms with Gasteiger partial charge < -0.3 is 24.8 Å². The van der Waals surface area contributed by atoms with Crippen molar-refractivity contribution in [3.63, 3.8) is 0 Å². The number of anilines is 1. The van der Waals surface area contributed by atoms with E-state index >= 15 is 0 Å².